The van der Waals surface area contributed by atoms with Crippen LogP contribution in [0.2, 0.25) is 0 Å². The molecule has 0 unspecified atom stereocenters. The molecule has 2 rings (SSSR count). The first-order valence-corrected chi connectivity index (χ1v) is 7.70. The lowest BCUT2D eigenvalue weighted by Crippen LogP contribution is -2.05. The Morgan fingerprint density at radius 1 is 1.10 bits per heavy atom. The van der Waals surface area contributed by atoms with E-state index in [0.29, 0.717) is 0 Å². The lowest BCUT2D eigenvalue weighted by Gasteiger charge is -2.11. The third-order valence-electron chi connectivity index (χ3n) is 3.22. The average molecular weight is 350 g/mol. The molecule has 2 N–H and O–H groups in total. The predicted octanol–water partition coefficient (Wildman–Crippen LogP) is 4.45. The smallest absolute Gasteiger partial charge is 0.128 e. The molecular weight excluding hydrogens is 330 g/mol. The van der Waals surface area contributed by atoms with E-state index in [2.05, 4.69) is 28.1 Å². The highest BCUT2D eigenvalue weighted by molar-refractivity contribution is 9.10. The second-order valence-corrected chi connectivity index (χ2v) is 5.82. The Kier molecular flexibility index (Phi) is 5.79. The summed E-state index contributed by atoms with van der Waals surface area (Å²) in [4.78, 5) is 0. The number of nitrogens with two attached hydrogens (primary N) is 1. The van der Waals surface area contributed by atoms with Gasteiger partial charge in [-0.05, 0) is 48.7 Å². The quantitative estimate of drug-likeness (QED) is 0.837. The second kappa shape index (κ2) is 7.59. The second-order valence-electron chi connectivity index (χ2n) is 4.96. The van der Waals surface area contributed by atoms with Crippen molar-refractivity contribution in [3.05, 3.63) is 58.1 Å². The molecule has 4 heteroatoms. The maximum Gasteiger partial charge on any atom is 0.128 e. The van der Waals surface area contributed by atoms with Crippen molar-refractivity contribution in [3.63, 3.8) is 0 Å². The summed E-state index contributed by atoms with van der Waals surface area (Å²) in [5, 5.41) is 0. The number of halogens is 1. The first-order valence-electron chi connectivity index (χ1n) is 6.91. The fourth-order valence-corrected chi connectivity index (χ4v) is 2.74. The van der Waals surface area contributed by atoms with Crippen LogP contribution in [0.3, 0.4) is 0 Å². The standard InChI is InChI=1S/C17H20BrNO2/c1-12(19)16-8-7-15(11-17(16)18)21-14-5-3-13(4-6-14)9-10-20-2/h3-8,11-12H,9-10,19H2,1-2H3/t12-/m0/s1. The van der Waals surface area contributed by atoms with Crippen molar-refractivity contribution in [2.24, 2.45) is 5.73 Å². The number of benzene rings is 2. The van der Waals surface area contributed by atoms with Gasteiger partial charge < -0.3 is 15.2 Å². The van der Waals surface area contributed by atoms with Gasteiger partial charge in [-0.3, -0.25) is 0 Å². The molecule has 2 aromatic rings. The van der Waals surface area contributed by atoms with E-state index in [-0.39, 0.29) is 6.04 Å². The van der Waals surface area contributed by atoms with E-state index >= 15 is 0 Å². The summed E-state index contributed by atoms with van der Waals surface area (Å²) in [6.07, 6.45) is 0.908. The maximum atomic E-state index is 5.89. The summed E-state index contributed by atoms with van der Waals surface area (Å²) in [6, 6.07) is 13.9. The molecule has 0 radical (unpaired) electrons. The van der Waals surface area contributed by atoms with Gasteiger partial charge in [0.25, 0.3) is 0 Å². The molecule has 3 nitrogen and oxygen atoms in total. The van der Waals surface area contributed by atoms with E-state index in [1.807, 2.05) is 37.3 Å². The number of rotatable bonds is 6. The Morgan fingerprint density at radius 2 is 1.76 bits per heavy atom. The minimum absolute atomic E-state index is 0.00602. The number of hydrogen-bond acceptors (Lipinski definition) is 3. The highest BCUT2D eigenvalue weighted by Crippen LogP contribution is 2.29. The van der Waals surface area contributed by atoms with Gasteiger partial charge in [0.1, 0.15) is 11.5 Å². The number of hydrogen-bond donors (Lipinski definition) is 1. The van der Waals surface area contributed by atoms with Gasteiger partial charge in [-0.15, -0.1) is 0 Å². The number of ether oxygens (including phenoxy) is 2. The van der Waals surface area contributed by atoms with Crippen LogP contribution in [0.4, 0.5) is 0 Å². The van der Waals surface area contributed by atoms with E-state index in [4.69, 9.17) is 15.2 Å². The minimum Gasteiger partial charge on any atom is -0.457 e. The SMILES string of the molecule is COCCc1ccc(Oc2ccc([C@H](C)N)c(Br)c2)cc1. The summed E-state index contributed by atoms with van der Waals surface area (Å²) in [7, 11) is 1.71. The molecule has 0 saturated heterocycles. The lowest BCUT2D eigenvalue weighted by atomic mass is 10.1. The van der Waals surface area contributed by atoms with Crippen LogP contribution in [-0.4, -0.2) is 13.7 Å². The first kappa shape index (κ1) is 16.0. The van der Waals surface area contributed by atoms with Crippen LogP contribution >= 0.6 is 15.9 Å². The normalized spacial score (nSPS) is 12.2. The van der Waals surface area contributed by atoms with E-state index in [1.54, 1.807) is 7.11 Å². The Hall–Kier alpha value is -1.36. The summed E-state index contributed by atoms with van der Waals surface area (Å²) in [6.45, 7) is 2.69. The van der Waals surface area contributed by atoms with Crippen LogP contribution in [0.5, 0.6) is 11.5 Å². The van der Waals surface area contributed by atoms with Gasteiger partial charge in [0, 0.05) is 17.6 Å². The van der Waals surface area contributed by atoms with E-state index < -0.39 is 0 Å². The van der Waals surface area contributed by atoms with Crippen molar-refractivity contribution in [1.29, 1.82) is 0 Å². The van der Waals surface area contributed by atoms with Gasteiger partial charge in [-0.25, -0.2) is 0 Å². The molecule has 0 saturated carbocycles. The first-order chi connectivity index (χ1) is 10.1. The molecule has 0 aromatic heterocycles. The predicted molar refractivity (Wildman–Crippen MR) is 88.8 cm³/mol. The highest BCUT2D eigenvalue weighted by atomic mass is 79.9. The monoisotopic (exact) mass is 349 g/mol. The zero-order chi connectivity index (χ0) is 15.2. The van der Waals surface area contributed by atoms with E-state index in [0.717, 1.165) is 34.6 Å². The summed E-state index contributed by atoms with van der Waals surface area (Å²) in [5.41, 5.74) is 8.19. The molecule has 2 aromatic carbocycles. The van der Waals surface area contributed by atoms with Crippen LogP contribution in [0, 0.1) is 0 Å². The van der Waals surface area contributed by atoms with Gasteiger partial charge >= 0.3 is 0 Å². The van der Waals surface area contributed by atoms with E-state index in [1.165, 1.54) is 5.56 Å². The van der Waals surface area contributed by atoms with Crippen molar-refractivity contribution < 1.29 is 9.47 Å². The van der Waals surface area contributed by atoms with Crippen LogP contribution in [0.25, 0.3) is 0 Å². The van der Waals surface area contributed by atoms with Crippen LogP contribution in [0.1, 0.15) is 24.1 Å². The van der Waals surface area contributed by atoms with Crippen molar-refractivity contribution in [1.82, 2.24) is 0 Å². The molecule has 0 heterocycles. The molecular formula is C17H20BrNO2. The molecule has 0 fully saturated rings. The highest BCUT2D eigenvalue weighted by Gasteiger charge is 2.07. The molecule has 112 valence electrons. The van der Waals surface area contributed by atoms with E-state index in [9.17, 15) is 0 Å². The Morgan fingerprint density at radius 3 is 2.33 bits per heavy atom. The van der Waals surface area contributed by atoms with Crippen LogP contribution < -0.4 is 10.5 Å². The van der Waals surface area contributed by atoms with Crippen LogP contribution in [0.15, 0.2) is 46.9 Å². The molecule has 0 aliphatic carbocycles. The van der Waals surface area contributed by atoms with Crippen molar-refractivity contribution in [2.75, 3.05) is 13.7 Å². The zero-order valence-electron chi connectivity index (χ0n) is 12.3. The summed E-state index contributed by atoms with van der Waals surface area (Å²) in [5.74, 6) is 1.60. The molecule has 0 aliphatic heterocycles. The van der Waals surface area contributed by atoms with Crippen molar-refractivity contribution in [2.45, 2.75) is 19.4 Å². The summed E-state index contributed by atoms with van der Waals surface area (Å²) >= 11 is 3.53. The van der Waals surface area contributed by atoms with Gasteiger partial charge in [-0.1, -0.05) is 34.1 Å². The molecule has 0 aliphatic rings. The largest absolute Gasteiger partial charge is 0.457 e. The van der Waals surface area contributed by atoms with Crippen LogP contribution in [-0.2, 0) is 11.2 Å². The average Bonchev–Trinajstić information content (AvgIpc) is 2.46. The van der Waals surface area contributed by atoms with Gasteiger partial charge in [0.2, 0.25) is 0 Å². The minimum atomic E-state index is -0.00602. The Bertz CT molecular complexity index is 582. The Balaban J connectivity index is 2.06. The van der Waals surface area contributed by atoms with Crippen molar-refractivity contribution >= 4 is 15.9 Å². The molecule has 1 atom stereocenters. The lowest BCUT2D eigenvalue weighted by molar-refractivity contribution is 0.202. The van der Waals surface area contributed by atoms with Gasteiger partial charge in [0.15, 0.2) is 0 Å². The molecule has 0 spiro atoms. The fraction of sp³-hybridized carbons (Fsp3) is 0.294. The molecule has 0 bridgehead atoms. The summed E-state index contributed by atoms with van der Waals surface area (Å²) < 4.78 is 11.9. The van der Waals surface area contributed by atoms with Crippen molar-refractivity contribution in [3.8, 4) is 11.5 Å². The zero-order valence-corrected chi connectivity index (χ0v) is 13.9. The third-order valence-corrected chi connectivity index (χ3v) is 3.90. The number of methoxy groups -OCH3 is 1. The third kappa shape index (κ3) is 4.56. The molecule has 21 heavy (non-hydrogen) atoms. The fourth-order valence-electron chi connectivity index (χ4n) is 2.02. The Labute approximate surface area is 134 Å². The topological polar surface area (TPSA) is 44.5 Å². The van der Waals surface area contributed by atoms with Gasteiger partial charge in [0.05, 0.1) is 6.61 Å². The maximum absolute atomic E-state index is 5.89. The molecule has 0 amide bonds. The van der Waals surface area contributed by atoms with Gasteiger partial charge in [-0.2, -0.15) is 0 Å².